The van der Waals surface area contributed by atoms with Gasteiger partial charge < -0.3 is 15.6 Å². The molecule has 0 aliphatic heterocycles. The number of anilines is 1. The molecule has 23 heavy (non-hydrogen) atoms. The third-order valence-corrected chi connectivity index (χ3v) is 3.54. The molecule has 0 fully saturated rings. The molecule has 6 nitrogen and oxygen atoms in total. The van der Waals surface area contributed by atoms with E-state index in [1.54, 1.807) is 0 Å². The van der Waals surface area contributed by atoms with Gasteiger partial charge in [-0.05, 0) is 25.0 Å². The zero-order valence-electron chi connectivity index (χ0n) is 14.1. The van der Waals surface area contributed by atoms with Crippen molar-refractivity contribution in [1.82, 2.24) is 15.5 Å². The van der Waals surface area contributed by atoms with Crippen LogP contribution >= 0.6 is 0 Å². The van der Waals surface area contributed by atoms with Crippen LogP contribution < -0.4 is 11.1 Å². The number of amides is 1. The highest BCUT2D eigenvalue weighted by atomic mass is 16.5. The summed E-state index contributed by atoms with van der Waals surface area (Å²) in [6.07, 6.45) is 0.959. The Morgan fingerprint density at radius 3 is 2.65 bits per heavy atom. The van der Waals surface area contributed by atoms with Crippen LogP contribution in [0.1, 0.15) is 57.4 Å². The average molecular weight is 316 g/mol. The summed E-state index contributed by atoms with van der Waals surface area (Å²) in [5.41, 5.74) is 7.38. The molecule has 2 rings (SSSR count). The van der Waals surface area contributed by atoms with Crippen LogP contribution in [-0.2, 0) is 16.6 Å². The normalized spacial score (nSPS) is 12.9. The van der Waals surface area contributed by atoms with Gasteiger partial charge in [-0.2, -0.15) is 4.98 Å². The lowest BCUT2D eigenvalue weighted by Gasteiger charge is -2.12. The van der Waals surface area contributed by atoms with Gasteiger partial charge in [-0.25, -0.2) is 0 Å². The van der Waals surface area contributed by atoms with E-state index in [2.05, 4.69) is 15.5 Å². The van der Waals surface area contributed by atoms with E-state index in [1.165, 1.54) is 0 Å². The van der Waals surface area contributed by atoms with Gasteiger partial charge in [-0.15, -0.1) is 0 Å². The molecule has 0 saturated heterocycles. The second-order valence-electron chi connectivity index (χ2n) is 6.69. The van der Waals surface area contributed by atoms with Crippen LogP contribution in [0.5, 0.6) is 0 Å². The third-order valence-electron chi connectivity index (χ3n) is 3.54. The summed E-state index contributed by atoms with van der Waals surface area (Å²) in [6.45, 7) is 7.86. The van der Waals surface area contributed by atoms with E-state index >= 15 is 0 Å². The monoisotopic (exact) mass is 316 g/mol. The van der Waals surface area contributed by atoms with Crippen LogP contribution in [0.2, 0.25) is 0 Å². The number of benzene rings is 1. The molecule has 0 spiro atoms. The van der Waals surface area contributed by atoms with Crippen molar-refractivity contribution < 1.29 is 9.32 Å². The number of nitrogens with zero attached hydrogens (tertiary/aromatic N) is 2. The molecule has 1 unspecified atom stereocenters. The third kappa shape index (κ3) is 4.55. The number of nitrogens with one attached hydrogen (secondary N) is 1. The maximum atomic E-state index is 12.1. The summed E-state index contributed by atoms with van der Waals surface area (Å²) in [5, 5.41) is 6.84. The predicted octanol–water partition coefficient (Wildman–Crippen LogP) is 2.76. The summed E-state index contributed by atoms with van der Waals surface area (Å²) in [4.78, 5) is 16.4. The Labute approximate surface area is 136 Å². The van der Waals surface area contributed by atoms with E-state index in [1.807, 2.05) is 52.0 Å². The number of carbonyl (C=O) groups is 1. The summed E-state index contributed by atoms with van der Waals surface area (Å²) in [7, 11) is 0. The van der Waals surface area contributed by atoms with Crippen LogP contribution in [0.4, 0.5) is 5.69 Å². The van der Waals surface area contributed by atoms with Gasteiger partial charge >= 0.3 is 0 Å². The Hall–Kier alpha value is -2.37. The Balaban J connectivity index is 1.90. The van der Waals surface area contributed by atoms with Gasteiger partial charge in [-0.1, -0.05) is 44.1 Å². The average Bonchev–Trinajstić information content (AvgIpc) is 2.96. The quantitative estimate of drug-likeness (QED) is 0.827. The predicted molar refractivity (Wildman–Crippen MR) is 88.7 cm³/mol. The fourth-order valence-corrected chi connectivity index (χ4v) is 2.10. The molecule has 2 aromatic rings. The first-order chi connectivity index (χ1) is 10.8. The van der Waals surface area contributed by atoms with E-state index in [0.717, 1.165) is 5.56 Å². The van der Waals surface area contributed by atoms with Crippen molar-refractivity contribution in [1.29, 1.82) is 0 Å². The smallest absolute Gasteiger partial charge is 0.248 e. The fourth-order valence-electron chi connectivity index (χ4n) is 2.10. The molecule has 0 bridgehead atoms. The minimum atomic E-state index is -0.320. The molecule has 6 heteroatoms. The first-order valence-electron chi connectivity index (χ1n) is 7.74. The molecule has 0 saturated carbocycles. The Kier molecular flexibility index (Phi) is 5.03. The van der Waals surface area contributed by atoms with Crippen molar-refractivity contribution >= 4 is 11.6 Å². The van der Waals surface area contributed by atoms with Crippen molar-refractivity contribution in [3.8, 4) is 0 Å². The summed E-state index contributed by atoms with van der Waals surface area (Å²) < 4.78 is 5.24. The van der Waals surface area contributed by atoms with Crippen molar-refractivity contribution in [2.45, 2.75) is 52.0 Å². The Morgan fingerprint density at radius 1 is 1.35 bits per heavy atom. The van der Waals surface area contributed by atoms with Gasteiger partial charge in [0.1, 0.15) is 6.04 Å². The molecule has 1 amide bonds. The number of para-hydroxylation sites is 1. The number of nitrogen functional groups attached to an aromatic ring is 1. The van der Waals surface area contributed by atoms with Crippen LogP contribution in [0.25, 0.3) is 0 Å². The van der Waals surface area contributed by atoms with Crippen molar-refractivity contribution in [2.24, 2.45) is 0 Å². The molecular formula is C17H24N4O2. The topological polar surface area (TPSA) is 94.0 Å². The molecular weight excluding hydrogens is 292 g/mol. The number of rotatable bonds is 5. The lowest BCUT2D eigenvalue weighted by molar-refractivity contribution is -0.121. The lowest BCUT2D eigenvalue weighted by atomic mass is 9.96. The molecule has 0 aliphatic rings. The van der Waals surface area contributed by atoms with Gasteiger partial charge in [0.05, 0.1) is 0 Å². The summed E-state index contributed by atoms with van der Waals surface area (Å²) >= 11 is 0. The van der Waals surface area contributed by atoms with Crippen LogP contribution in [-0.4, -0.2) is 16.0 Å². The highest BCUT2D eigenvalue weighted by Crippen LogP contribution is 2.21. The molecule has 0 radical (unpaired) electrons. The molecule has 0 aliphatic carbocycles. The van der Waals surface area contributed by atoms with Crippen molar-refractivity contribution in [3.05, 3.63) is 41.5 Å². The number of carbonyl (C=O) groups excluding carboxylic acids is 1. The highest BCUT2D eigenvalue weighted by Gasteiger charge is 2.23. The van der Waals surface area contributed by atoms with Crippen molar-refractivity contribution in [3.63, 3.8) is 0 Å². The highest BCUT2D eigenvalue weighted by molar-refractivity contribution is 5.76. The standard InChI is InChI=1S/C17H24N4O2/c1-11(15-20-16(21-23-15)17(2,3)4)19-14(22)10-9-12-7-5-6-8-13(12)18/h5-8,11H,9-10,18H2,1-4H3,(H,19,22). The largest absolute Gasteiger partial charge is 0.399 e. The van der Waals surface area contributed by atoms with Crippen LogP contribution in [0.15, 0.2) is 28.8 Å². The number of hydrogen-bond acceptors (Lipinski definition) is 5. The lowest BCUT2D eigenvalue weighted by Crippen LogP contribution is -2.27. The van der Waals surface area contributed by atoms with E-state index in [4.69, 9.17) is 10.3 Å². The van der Waals surface area contributed by atoms with Crippen molar-refractivity contribution in [2.75, 3.05) is 5.73 Å². The zero-order chi connectivity index (χ0) is 17.0. The molecule has 3 N–H and O–H groups in total. The van der Waals surface area contributed by atoms with E-state index < -0.39 is 0 Å². The number of aryl methyl sites for hydroxylation is 1. The number of hydrogen-bond donors (Lipinski definition) is 2. The van der Waals surface area contributed by atoms with Gasteiger partial charge in [0.2, 0.25) is 11.8 Å². The Bertz CT molecular complexity index is 673. The van der Waals surface area contributed by atoms with E-state index in [0.29, 0.717) is 30.2 Å². The number of aromatic nitrogens is 2. The van der Waals surface area contributed by atoms with Crippen LogP contribution in [0, 0.1) is 0 Å². The minimum absolute atomic E-state index is 0.0729. The molecule has 124 valence electrons. The maximum Gasteiger partial charge on any atom is 0.248 e. The van der Waals surface area contributed by atoms with E-state index in [-0.39, 0.29) is 17.4 Å². The summed E-state index contributed by atoms with van der Waals surface area (Å²) in [5.74, 6) is 0.976. The Morgan fingerprint density at radius 2 is 2.04 bits per heavy atom. The van der Waals surface area contributed by atoms with Gasteiger partial charge in [0, 0.05) is 17.5 Å². The summed E-state index contributed by atoms with van der Waals surface area (Å²) in [6, 6.07) is 7.24. The molecule has 1 aromatic heterocycles. The molecule has 1 aromatic carbocycles. The second kappa shape index (κ2) is 6.81. The maximum absolute atomic E-state index is 12.1. The zero-order valence-corrected chi connectivity index (χ0v) is 14.1. The van der Waals surface area contributed by atoms with Crippen LogP contribution in [0.3, 0.4) is 0 Å². The first-order valence-corrected chi connectivity index (χ1v) is 7.74. The van der Waals surface area contributed by atoms with Gasteiger partial charge in [-0.3, -0.25) is 4.79 Å². The molecule has 1 heterocycles. The van der Waals surface area contributed by atoms with E-state index in [9.17, 15) is 4.79 Å². The molecule has 1 atom stereocenters. The fraction of sp³-hybridized carbons (Fsp3) is 0.471. The van der Waals surface area contributed by atoms with Gasteiger partial charge in [0.15, 0.2) is 5.82 Å². The number of nitrogens with two attached hydrogens (primary N) is 1. The first kappa shape index (κ1) is 17.0. The second-order valence-corrected chi connectivity index (χ2v) is 6.69. The SMILES string of the molecule is CC(NC(=O)CCc1ccccc1N)c1nc(C(C)(C)C)no1. The van der Waals surface area contributed by atoms with Gasteiger partial charge in [0.25, 0.3) is 0 Å². The minimum Gasteiger partial charge on any atom is -0.399 e.